The van der Waals surface area contributed by atoms with Crippen molar-refractivity contribution in [3.8, 4) is 5.00 Å². The van der Waals surface area contributed by atoms with Crippen LogP contribution in [0.5, 0.6) is 0 Å². The molecule has 1 aliphatic rings. The van der Waals surface area contributed by atoms with Crippen molar-refractivity contribution in [3.05, 3.63) is 70.1 Å². The van der Waals surface area contributed by atoms with Crippen LogP contribution >= 0.6 is 11.3 Å². The van der Waals surface area contributed by atoms with E-state index < -0.39 is 0 Å². The second-order valence-electron chi connectivity index (χ2n) is 6.13. The van der Waals surface area contributed by atoms with Crippen LogP contribution in [-0.2, 0) is 24.4 Å². The first-order valence-electron chi connectivity index (χ1n) is 7.98. The van der Waals surface area contributed by atoms with Gasteiger partial charge in [-0.1, -0.05) is 36.9 Å². The summed E-state index contributed by atoms with van der Waals surface area (Å²) in [6.07, 6.45) is 0.884. The van der Waals surface area contributed by atoms with E-state index in [9.17, 15) is 0 Å². The molecule has 4 rings (SSSR count). The Morgan fingerprint density at radius 2 is 2.04 bits per heavy atom. The van der Waals surface area contributed by atoms with Crippen molar-refractivity contribution in [1.82, 2.24) is 14.8 Å². The van der Waals surface area contributed by atoms with Crippen LogP contribution in [0, 0.1) is 6.92 Å². The number of aromatic nitrogens is 3. The van der Waals surface area contributed by atoms with Gasteiger partial charge in [-0.05, 0) is 37.0 Å². The third kappa shape index (κ3) is 2.50. The number of allylic oxidation sites excluding steroid dienone is 1. The molecule has 5 heteroatoms. The summed E-state index contributed by atoms with van der Waals surface area (Å²) in [6.45, 7) is 9.35. The van der Waals surface area contributed by atoms with Crippen LogP contribution in [0.15, 0.2) is 36.9 Å². The van der Waals surface area contributed by atoms with Crippen LogP contribution in [0.4, 0.5) is 0 Å². The summed E-state index contributed by atoms with van der Waals surface area (Å²) in [5.41, 5.74) is 4.94. The van der Waals surface area contributed by atoms with Crippen molar-refractivity contribution in [2.45, 2.75) is 33.5 Å². The third-order valence-electron chi connectivity index (χ3n) is 4.28. The highest BCUT2D eigenvalue weighted by Crippen LogP contribution is 2.39. The Balaban J connectivity index is 1.90. The van der Waals surface area contributed by atoms with Crippen molar-refractivity contribution < 1.29 is 4.74 Å². The first-order valence-corrected chi connectivity index (χ1v) is 8.80. The third-order valence-corrected chi connectivity index (χ3v) is 5.70. The molecule has 0 radical (unpaired) electrons. The number of hydrogen-bond donors (Lipinski definition) is 0. The molecule has 0 atom stereocenters. The highest BCUT2D eigenvalue weighted by atomic mass is 32.1. The Morgan fingerprint density at radius 3 is 2.79 bits per heavy atom. The van der Waals surface area contributed by atoms with E-state index in [1.165, 1.54) is 26.6 Å². The van der Waals surface area contributed by atoms with Crippen molar-refractivity contribution in [2.24, 2.45) is 0 Å². The van der Waals surface area contributed by atoms with E-state index in [1.807, 2.05) is 13.0 Å². The molecule has 3 heterocycles. The summed E-state index contributed by atoms with van der Waals surface area (Å²) in [4.78, 5) is 1.24. The van der Waals surface area contributed by atoms with Gasteiger partial charge in [0, 0.05) is 10.4 Å². The van der Waals surface area contributed by atoms with Gasteiger partial charge >= 0.3 is 0 Å². The molecule has 2 aromatic heterocycles. The van der Waals surface area contributed by atoms with Gasteiger partial charge in [0.1, 0.15) is 17.4 Å². The topological polar surface area (TPSA) is 39.9 Å². The molecule has 24 heavy (non-hydrogen) atoms. The lowest BCUT2D eigenvalue weighted by molar-refractivity contribution is 0.104. The smallest absolute Gasteiger partial charge is 0.164 e. The molecule has 0 bridgehead atoms. The minimum absolute atomic E-state index is 0.495. The van der Waals surface area contributed by atoms with Crippen molar-refractivity contribution >= 4 is 16.9 Å². The maximum Gasteiger partial charge on any atom is 0.164 e. The van der Waals surface area contributed by atoms with E-state index in [2.05, 4.69) is 52.5 Å². The second-order valence-corrected chi connectivity index (χ2v) is 7.13. The van der Waals surface area contributed by atoms with Gasteiger partial charge in [-0.15, -0.1) is 21.5 Å². The van der Waals surface area contributed by atoms with Gasteiger partial charge in [-0.3, -0.25) is 4.57 Å². The van der Waals surface area contributed by atoms with Gasteiger partial charge in [0.25, 0.3) is 0 Å². The lowest BCUT2D eigenvalue weighted by Gasteiger charge is -2.08. The Kier molecular flexibility index (Phi) is 3.82. The number of hydrogen-bond acceptors (Lipinski definition) is 4. The fourth-order valence-corrected chi connectivity index (χ4v) is 4.48. The summed E-state index contributed by atoms with van der Waals surface area (Å²) >= 11 is 1.77. The average Bonchev–Trinajstić information content (AvgIpc) is 3.04. The summed E-state index contributed by atoms with van der Waals surface area (Å²) in [6, 6.07) is 10.5. The zero-order valence-corrected chi connectivity index (χ0v) is 14.7. The maximum absolute atomic E-state index is 5.89. The van der Waals surface area contributed by atoms with E-state index in [0.717, 1.165) is 23.6 Å². The van der Waals surface area contributed by atoms with Gasteiger partial charge in [0.15, 0.2) is 5.82 Å². The molecule has 0 N–H and O–H groups in total. The standard InChI is InChI=1S/C19H19N3OS/c1-12(2)18-15(9-14-7-5-4-6-8-14)16-10-23-11-17-21-20-13(3)22(17)19(16)24-18/h4-8H,1,9-11H2,2-3H3. The van der Waals surface area contributed by atoms with Gasteiger partial charge < -0.3 is 4.74 Å². The molecule has 0 saturated heterocycles. The average molecular weight is 337 g/mol. The molecule has 4 nitrogen and oxygen atoms in total. The lowest BCUT2D eigenvalue weighted by Crippen LogP contribution is -2.00. The maximum atomic E-state index is 5.89. The monoisotopic (exact) mass is 337 g/mol. The fraction of sp³-hybridized carbons (Fsp3) is 0.263. The molecule has 0 amide bonds. The molecule has 1 aromatic carbocycles. The highest BCUT2D eigenvalue weighted by Gasteiger charge is 2.25. The van der Waals surface area contributed by atoms with Gasteiger partial charge in [-0.2, -0.15) is 0 Å². The van der Waals surface area contributed by atoms with E-state index >= 15 is 0 Å². The van der Waals surface area contributed by atoms with Gasteiger partial charge in [0.2, 0.25) is 0 Å². The van der Waals surface area contributed by atoms with E-state index in [0.29, 0.717) is 13.2 Å². The van der Waals surface area contributed by atoms with Crippen molar-refractivity contribution in [2.75, 3.05) is 0 Å². The van der Waals surface area contributed by atoms with Crippen LogP contribution < -0.4 is 0 Å². The summed E-state index contributed by atoms with van der Waals surface area (Å²) in [7, 11) is 0. The van der Waals surface area contributed by atoms with Crippen LogP contribution in [0.3, 0.4) is 0 Å². The summed E-state index contributed by atoms with van der Waals surface area (Å²) in [5, 5.41) is 9.65. The zero-order chi connectivity index (χ0) is 16.7. The first kappa shape index (κ1) is 15.3. The van der Waals surface area contributed by atoms with Crippen LogP contribution in [0.25, 0.3) is 10.6 Å². The lowest BCUT2D eigenvalue weighted by atomic mass is 9.99. The number of nitrogens with zero attached hydrogens (tertiary/aromatic N) is 3. The molecular formula is C19H19N3OS. The molecule has 1 aliphatic heterocycles. The predicted molar refractivity (Wildman–Crippen MR) is 96.4 cm³/mol. The largest absolute Gasteiger partial charge is 0.369 e. The summed E-state index contributed by atoms with van der Waals surface area (Å²) < 4.78 is 8.02. The Labute approximate surface area is 145 Å². The molecule has 0 unspecified atom stereocenters. The Morgan fingerprint density at radius 1 is 1.25 bits per heavy atom. The zero-order valence-electron chi connectivity index (χ0n) is 13.9. The quantitative estimate of drug-likeness (QED) is 0.716. The summed E-state index contributed by atoms with van der Waals surface area (Å²) in [5.74, 6) is 1.77. The predicted octanol–water partition coefficient (Wildman–Crippen LogP) is 4.29. The molecule has 0 fully saturated rings. The molecule has 0 spiro atoms. The normalized spacial score (nSPS) is 13.2. The fourth-order valence-electron chi connectivity index (χ4n) is 3.16. The molecular weight excluding hydrogens is 318 g/mol. The van der Waals surface area contributed by atoms with Gasteiger partial charge in [-0.25, -0.2) is 0 Å². The molecule has 122 valence electrons. The number of ether oxygens (including phenoxy) is 1. The highest BCUT2D eigenvalue weighted by molar-refractivity contribution is 7.16. The van der Waals surface area contributed by atoms with Crippen LogP contribution in [-0.4, -0.2) is 14.8 Å². The number of rotatable bonds is 3. The van der Waals surface area contributed by atoms with Crippen molar-refractivity contribution in [1.29, 1.82) is 0 Å². The van der Waals surface area contributed by atoms with Crippen LogP contribution in [0.2, 0.25) is 0 Å². The first-order chi connectivity index (χ1) is 11.6. The Bertz CT molecular complexity index is 908. The minimum Gasteiger partial charge on any atom is -0.369 e. The number of thiophene rings is 1. The SMILES string of the molecule is C=C(C)c1sc2c(c1Cc1ccccc1)COCc1nnc(C)n1-2. The molecule has 0 saturated carbocycles. The minimum atomic E-state index is 0.495. The van der Waals surface area contributed by atoms with Crippen molar-refractivity contribution in [3.63, 3.8) is 0 Å². The van der Waals surface area contributed by atoms with E-state index in [1.54, 1.807) is 11.3 Å². The van der Waals surface area contributed by atoms with Crippen LogP contribution in [0.1, 0.15) is 40.1 Å². The second kappa shape index (κ2) is 6.00. The number of aryl methyl sites for hydroxylation is 1. The van der Waals surface area contributed by atoms with Gasteiger partial charge in [0.05, 0.1) is 6.61 Å². The Hall–Kier alpha value is -2.24. The molecule has 3 aromatic rings. The van der Waals surface area contributed by atoms with E-state index in [-0.39, 0.29) is 0 Å². The number of fused-ring (bicyclic) bond motifs is 3. The molecule has 0 aliphatic carbocycles. The number of benzene rings is 1. The van der Waals surface area contributed by atoms with E-state index in [4.69, 9.17) is 4.74 Å².